The topological polar surface area (TPSA) is 98.5 Å². The van der Waals surface area contributed by atoms with E-state index in [0.29, 0.717) is 18.8 Å². The first kappa shape index (κ1) is 15.6. The van der Waals surface area contributed by atoms with Gasteiger partial charge in [0.15, 0.2) is 0 Å². The largest absolute Gasteiger partial charge is 0.381 e. The van der Waals surface area contributed by atoms with E-state index in [1.807, 2.05) is 6.92 Å². The van der Waals surface area contributed by atoms with Gasteiger partial charge in [0.25, 0.3) is 0 Å². The quantitative estimate of drug-likeness (QED) is 0.708. The highest BCUT2D eigenvalue weighted by atomic mass is 32.2. The highest BCUT2D eigenvalue weighted by Crippen LogP contribution is 2.09. The van der Waals surface area contributed by atoms with Crippen LogP contribution >= 0.6 is 0 Å². The van der Waals surface area contributed by atoms with Crippen molar-refractivity contribution in [2.24, 2.45) is 5.14 Å². The first-order chi connectivity index (χ1) is 8.93. The fourth-order valence-corrected chi connectivity index (χ4v) is 2.01. The summed E-state index contributed by atoms with van der Waals surface area (Å²) < 4.78 is 27.4. The van der Waals surface area contributed by atoms with Crippen molar-refractivity contribution in [2.45, 2.75) is 24.8 Å². The van der Waals surface area contributed by atoms with Crippen LogP contribution < -0.4 is 10.5 Å². The second-order valence-electron chi connectivity index (χ2n) is 3.92. The molecule has 0 unspecified atom stereocenters. The van der Waals surface area contributed by atoms with E-state index in [4.69, 9.17) is 9.88 Å². The Morgan fingerprint density at radius 3 is 2.79 bits per heavy atom. The number of ether oxygens (including phenoxy) is 1. The van der Waals surface area contributed by atoms with Gasteiger partial charge in [-0.2, -0.15) is 0 Å². The van der Waals surface area contributed by atoms with Crippen LogP contribution in [0, 0.1) is 0 Å². The second-order valence-corrected chi connectivity index (χ2v) is 5.48. The molecule has 0 spiro atoms. The van der Waals surface area contributed by atoms with Crippen molar-refractivity contribution in [3.63, 3.8) is 0 Å². The first-order valence-corrected chi connectivity index (χ1v) is 7.44. The molecule has 3 N–H and O–H groups in total. The molecule has 0 bridgehead atoms. The molecule has 0 heterocycles. The van der Waals surface area contributed by atoms with Gasteiger partial charge in [0.2, 0.25) is 15.9 Å². The van der Waals surface area contributed by atoms with Gasteiger partial charge in [-0.05, 0) is 24.6 Å². The van der Waals surface area contributed by atoms with Crippen molar-refractivity contribution in [2.75, 3.05) is 13.2 Å². The fourth-order valence-electron chi connectivity index (χ4n) is 1.43. The molecule has 0 fully saturated rings. The monoisotopic (exact) mass is 286 g/mol. The number of primary sulfonamides is 1. The molecule has 0 aliphatic heterocycles. The Morgan fingerprint density at radius 2 is 2.16 bits per heavy atom. The zero-order valence-corrected chi connectivity index (χ0v) is 11.6. The molecule has 0 atom stereocenters. The summed E-state index contributed by atoms with van der Waals surface area (Å²) in [4.78, 5) is 11.5. The fraction of sp³-hybridized carbons (Fsp3) is 0.417. The summed E-state index contributed by atoms with van der Waals surface area (Å²) in [6.07, 6.45) is 0.280. The molecular formula is C12H18N2O4S. The lowest BCUT2D eigenvalue weighted by Crippen LogP contribution is -2.24. The number of rotatable bonds is 7. The average molecular weight is 286 g/mol. The lowest BCUT2D eigenvalue weighted by atomic mass is 10.2. The van der Waals surface area contributed by atoms with Crippen LogP contribution in [0.15, 0.2) is 29.2 Å². The van der Waals surface area contributed by atoms with Gasteiger partial charge in [-0.3, -0.25) is 4.79 Å². The molecule has 1 aromatic carbocycles. The molecule has 1 rings (SSSR count). The van der Waals surface area contributed by atoms with Gasteiger partial charge < -0.3 is 10.1 Å². The highest BCUT2D eigenvalue weighted by Gasteiger charge is 2.08. The maximum Gasteiger partial charge on any atom is 0.238 e. The predicted octanol–water partition coefficient (Wildman–Crippen LogP) is 0.377. The minimum atomic E-state index is -3.71. The third kappa shape index (κ3) is 5.82. The molecule has 0 saturated carbocycles. The number of amides is 1. The van der Waals surface area contributed by atoms with E-state index < -0.39 is 10.0 Å². The molecule has 0 aliphatic carbocycles. The van der Waals surface area contributed by atoms with Crippen LogP contribution in [0.25, 0.3) is 0 Å². The van der Waals surface area contributed by atoms with Crippen molar-refractivity contribution in [1.29, 1.82) is 0 Å². The van der Waals surface area contributed by atoms with Crippen LogP contribution in [-0.2, 0) is 26.1 Å². The minimum absolute atomic E-state index is 0.0357. The van der Waals surface area contributed by atoms with Crippen molar-refractivity contribution >= 4 is 15.9 Å². The summed E-state index contributed by atoms with van der Waals surface area (Å²) >= 11 is 0. The summed E-state index contributed by atoms with van der Waals surface area (Å²) in [5.74, 6) is -0.144. The number of sulfonamides is 1. The van der Waals surface area contributed by atoms with Crippen LogP contribution in [0.3, 0.4) is 0 Å². The first-order valence-electron chi connectivity index (χ1n) is 5.89. The predicted molar refractivity (Wildman–Crippen MR) is 70.8 cm³/mol. The molecule has 1 aromatic rings. The Hall–Kier alpha value is -1.44. The highest BCUT2D eigenvalue weighted by molar-refractivity contribution is 7.89. The van der Waals surface area contributed by atoms with Gasteiger partial charge in [-0.1, -0.05) is 12.1 Å². The summed E-state index contributed by atoms with van der Waals surface area (Å²) in [5, 5.41) is 7.71. The van der Waals surface area contributed by atoms with Gasteiger partial charge in [-0.15, -0.1) is 0 Å². The van der Waals surface area contributed by atoms with Crippen molar-refractivity contribution in [1.82, 2.24) is 5.32 Å². The maximum atomic E-state index is 11.4. The molecule has 0 radical (unpaired) electrons. The van der Waals surface area contributed by atoms with Crippen molar-refractivity contribution in [3.05, 3.63) is 29.8 Å². The zero-order chi connectivity index (χ0) is 14.3. The molecule has 0 saturated heterocycles. The molecule has 1 amide bonds. The van der Waals surface area contributed by atoms with Crippen molar-refractivity contribution in [3.8, 4) is 0 Å². The summed E-state index contributed by atoms with van der Waals surface area (Å²) in [6.45, 7) is 3.06. The van der Waals surface area contributed by atoms with Gasteiger partial charge in [0.05, 0.1) is 11.5 Å². The van der Waals surface area contributed by atoms with E-state index in [1.165, 1.54) is 12.1 Å². The van der Waals surface area contributed by atoms with Gasteiger partial charge in [-0.25, -0.2) is 13.6 Å². The average Bonchev–Trinajstić information content (AvgIpc) is 2.36. The van der Waals surface area contributed by atoms with E-state index >= 15 is 0 Å². The minimum Gasteiger partial charge on any atom is -0.381 e. The van der Waals surface area contributed by atoms with E-state index in [9.17, 15) is 13.2 Å². The third-order valence-electron chi connectivity index (χ3n) is 2.39. The summed E-state index contributed by atoms with van der Waals surface area (Å²) in [6, 6.07) is 6.16. The molecule has 0 aromatic heterocycles. The molecule has 7 heteroatoms. The number of carbonyl (C=O) groups is 1. The Bertz CT molecular complexity index is 528. The maximum absolute atomic E-state index is 11.4. The number of nitrogens with two attached hydrogens (primary N) is 1. The van der Waals surface area contributed by atoms with Crippen LogP contribution in [-0.4, -0.2) is 27.5 Å². The Morgan fingerprint density at radius 1 is 1.42 bits per heavy atom. The van der Waals surface area contributed by atoms with Crippen molar-refractivity contribution < 1.29 is 17.9 Å². The molecular weight excluding hydrogens is 268 g/mol. The van der Waals surface area contributed by atoms with E-state index in [2.05, 4.69) is 5.32 Å². The molecule has 19 heavy (non-hydrogen) atoms. The zero-order valence-electron chi connectivity index (χ0n) is 10.8. The van der Waals surface area contributed by atoms with Gasteiger partial charge in [0, 0.05) is 19.6 Å². The van der Waals surface area contributed by atoms with Gasteiger partial charge in [0.1, 0.15) is 0 Å². The molecule has 106 valence electrons. The van der Waals surface area contributed by atoms with E-state index in [1.54, 1.807) is 12.1 Å². The molecule has 0 aliphatic rings. The summed E-state index contributed by atoms with van der Waals surface area (Å²) in [5.41, 5.74) is 0.677. The molecule has 6 nitrogen and oxygen atoms in total. The van der Waals surface area contributed by atoms with Crippen LogP contribution in [0.1, 0.15) is 18.9 Å². The number of hydrogen-bond donors (Lipinski definition) is 2. The Labute approximate surface area is 113 Å². The third-order valence-corrected chi connectivity index (χ3v) is 3.31. The van der Waals surface area contributed by atoms with Crippen LogP contribution in [0.5, 0.6) is 0 Å². The Kier molecular flexibility index (Phi) is 5.94. The smallest absolute Gasteiger partial charge is 0.238 e. The van der Waals surface area contributed by atoms with Gasteiger partial charge >= 0.3 is 0 Å². The number of nitrogens with one attached hydrogen (secondary N) is 1. The van der Waals surface area contributed by atoms with E-state index in [-0.39, 0.29) is 23.8 Å². The van der Waals surface area contributed by atoms with E-state index in [0.717, 1.165) is 0 Å². The normalized spacial score (nSPS) is 11.3. The lowest BCUT2D eigenvalue weighted by molar-refractivity contribution is -0.122. The number of benzene rings is 1. The second kappa shape index (κ2) is 7.22. The standard InChI is InChI=1S/C12H18N2O4S/c1-2-18-7-6-12(15)14-9-10-4-3-5-11(8-10)19(13,16)17/h3-5,8H,2,6-7,9H2,1H3,(H,14,15)(H2,13,16,17). The summed E-state index contributed by atoms with van der Waals surface area (Å²) in [7, 11) is -3.71. The SMILES string of the molecule is CCOCCC(=O)NCc1cccc(S(N)(=O)=O)c1. The number of carbonyl (C=O) groups excluding carboxylic acids is 1. The Balaban J connectivity index is 2.52. The van der Waals surface area contributed by atoms with Crippen LogP contribution in [0.2, 0.25) is 0 Å². The number of hydrogen-bond acceptors (Lipinski definition) is 4. The lowest BCUT2D eigenvalue weighted by Gasteiger charge is -2.06. The van der Waals surface area contributed by atoms with Crippen LogP contribution in [0.4, 0.5) is 0 Å².